The lowest BCUT2D eigenvalue weighted by molar-refractivity contribution is -0.873. The first kappa shape index (κ1) is 29.6. The number of allylic oxidation sites excluding steroid dienone is 1. The van der Waals surface area contributed by atoms with Gasteiger partial charge in [0.25, 0.3) is 0 Å². The third-order valence-electron chi connectivity index (χ3n) is 5.21. The topological polar surface area (TPSA) is 86.7 Å². The highest BCUT2D eigenvalue weighted by Crippen LogP contribution is 2.13. The molecule has 0 fully saturated rings. The average molecular weight is 442 g/mol. The van der Waals surface area contributed by atoms with Crippen molar-refractivity contribution in [2.24, 2.45) is 0 Å². The molecule has 0 aromatic heterocycles. The number of unbranched alkanes of at least 4 members (excludes halogenated alkanes) is 13. The fraction of sp³-hybridized carbons (Fsp3) is 0.840. The Hall–Kier alpha value is -1.40. The molecule has 182 valence electrons. The molecule has 0 rings (SSSR count). The van der Waals surface area contributed by atoms with Crippen LogP contribution in [0.15, 0.2) is 12.2 Å². The van der Waals surface area contributed by atoms with Crippen LogP contribution in [0.4, 0.5) is 0 Å². The number of esters is 1. The number of carbonyl (C=O) groups excluding carboxylic acids is 2. The summed E-state index contributed by atoms with van der Waals surface area (Å²) in [6, 6.07) is 0. The number of carboxylic acid groups (broad SMARTS) is 1. The van der Waals surface area contributed by atoms with Gasteiger partial charge in [0.2, 0.25) is 0 Å². The molecule has 0 saturated carbocycles. The lowest BCUT2D eigenvalue weighted by atomic mass is 10.0. The molecule has 0 bridgehead atoms. The molecule has 0 heterocycles. The van der Waals surface area contributed by atoms with Crippen molar-refractivity contribution in [3.8, 4) is 0 Å². The van der Waals surface area contributed by atoms with Crippen LogP contribution in [0, 0.1) is 0 Å². The molecule has 6 nitrogen and oxygen atoms in total. The molecule has 0 aliphatic carbocycles. The summed E-state index contributed by atoms with van der Waals surface area (Å²) in [5.74, 6) is -1.68. The van der Waals surface area contributed by atoms with Crippen molar-refractivity contribution in [3.63, 3.8) is 0 Å². The number of ether oxygens (including phenoxy) is 1. The van der Waals surface area contributed by atoms with E-state index < -0.39 is 18.0 Å². The zero-order valence-electron chi connectivity index (χ0n) is 20.3. The number of quaternary nitrogens is 1. The second-order valence-electron chi connectivity index (χ2n) is 9.62. The summed E-state index contributed by atoms with van der Waals surface area (Å²) in [7, 11) is 5.78. The number of nitrogens with zero attached hydrogens (tertiary/aromatic N) is 1. The number of carbonyl (C=O) groups is 2. The molecule has 0 saturated heterocycles. The Labute approximate surface area is 190 Å². The molecule has 0 amide bonds. The van der Waals surface area contributed by atoms with Gasteiger partial charge in [0.05, 0.1) is 21.1 Å². The molecule has 0 spiro atoms. The number of aliphatic carboxylic acids is 1. The third-order valence-corrected chi connectivity index (χ3v) is 5.21. The number of hydrogen-bond donors (Lipinski definition) is 1. The van der Waals surface area contributed by atoms with Crippen LogP contribution < -0.4 is 5.11 Å². The van der Waals surface area contributed by atoms with Crippen molar-refractivity contribution in [2.45, 2.75) is 102 Å². The first-order valence-electron chi connectivity index (χ1n) is 12.2. The van der Waals surface area contributed by atoms with Crippen LogP contribution in [0.2, 0.25) is 0 Å². The third kappa shape index (κ3) is 23.1. The lowest BCUT2D eigenvalue weighted by Gasteiger charge is -2.29. The first-order valence-corrected chi connectivity index (χ1v) is 12.2. The van der Waals surface area contributed by atoms with Gasteiger partial charge in [0.1, 0.15) is 6.54 Å². The highest BCUT2D eigenvalue weighted by molar-refractivity contribution is 5.82. The van der Waals surface area contributed by atoms with E-state index in [0.717, 1.165) is 25.7 Å². The maximum Gasteiger partial charge on any atom is 0.330 e. The highest BCUT2D eigenvalue weighted by Gasteiger charge is 2.21. The summed E-state index contributed by atoms with van der Waals surface area (Å²) in [4.78, 5) is 22.8. The molecule has 1 N–H and O–H groups in total. The molecule has 0 aromatic carbocycles. The second kappa shape index (κ2) is 19.3. The fourth-order valence-electron chi connectivity index (χ4n) is 3.64. The SMILES string of the molecule is C[N+](C)(C)C[C@H](CC(=O)[O-])OC(=O)C=CCCCCCCCCCCCCCCCO. The van der Waals surface area contributed by atoms with Crippen molar-refractivity contribution in [3.05, 3.63) is 12.2 Å². The molecule has 6 heteroatoms. The zero-order valence-corrected chi connectivity index (χ0v) is 20.3. The van der Waals surface area contributed by atoms with Crippen LogP contribution in [0.5, 0.6) is 0 Å². The molecule has 0 aliphatic heterocycles. The molecule has 31 heavy (non-hydrogen) atoms. The van der Waals surface area contributed by atoms with Crippen LogP contribution in [-0.4, -0.2) is 61.9 Å². The van der Waals surface area contributed by atoms with Gasteiger partial charge in [-0.15, -0.1) is 0 Å². The Morgan fingerprint density at radius 2 is 1.29 bits per heavy atom. The zero-order chi connectivity index (χ0) is 23.4. The maximum atomic E-state index is 11.9. The average Bonchev–Trinajstić information content (AvgIpc) is 2.65. The van der Waals surface area contributed by atoms with Gasteiger partial charge in [-0.05, 0) is 19.3 Å². The largest absolute Gasteiger partial charge is 0.550 e. The second-order valence-corrected chi connectivity index (χ2v) is 9.62. The number of carboxylic acids is 1. The molecule has 0 radical (unpaired) electrons. The minimum atomic E-state index is -1.20. The van der Waals surface area contributed by atoms with E-state index in [1.165, 1.54) is 70.3 Å². The molecular weight excluding hydrogens is 394 g/mol. The van der Waals surface area contributed by atoms with Crippen LogP contribution in [0.3, 0.4) is 0 Å². The predicted molar refractivity (Wildman–Crippen MR) is 123 cm³/mol. The van der Waals surface area contributed by atoms with E-state index in [2.05, 4.69) is 0 Å². The molecular formula is C25H47NO5. The van der Waals surface area contributed by atoms with Gasteiger partial charge in [0, 0.05) is 25.1 Å². The van der Waals surface area contributed by atoms with E-state index in [4.69, 9.17) is 9.84 Å². The molecule has 0 aliphatic rings. The fourth-order valence-corrected chi connectivity index (χ4v) is 3.64. The number of likely N-dealkylation sites (N-methyl/N-ethyl adjacent to an activating group) is 1. The Balaban J connectivity index is 3.64. The number of rotatable bonds is 21. The summed E-state index contributed by atoms with van der Waals surface area (Å²) in [5, 5.41) is 19.6. The van der Waals surface area contributed by atoms with Crippen molar-refractivity contribution < 1.29 is 29.0 Å². The smallest absolute Gasteiger partial charge is 0.330 e. The Kier molecular flexibility index (Phi) is 18.4. The van der Waals surface area contributed by atoms with Crippen molar-refractivity contribution >= 4 is 11.9 Å². The Morgan fingerprint density at radius 1 is 0.839 bits per heavy atom. The summed E-state index contributed by atoms with van der Waals surface area (Å²) < 4.78 is 5.80. The van der Waals surface area contributed by atoms with Crippen molar-refractivity contribution in [1.29, 1.82) is 0 Å². The van der Waals surface area contributed by atoms with E-state index in [-0.39, 0.29) is 6.42 Å². The summed E-state index contributed by atoms with van der Waals surface area (Å²) in [5.41, 5.74) is 0. The predicted octanol–water partition coefficient (Wildman–Crippen LogP) is 3.75. The van der Waals surface area contributed by atoms with E-state index >= 15 is 0 Å². The van der Waals surface area contributed by atoms with E-state index in [1.807, 2.05) is 27.2 Å². The van der Waals surface area contributed by atoms with Gasteiger partial charge in [-0.3, -0.25) is 0 Å². The molecule has 0 unspecified atom stereocenters. The van der Waals surface area contributed by atoms with Crippen LogP contribution in [0.25, 0.3) is 0 Å². The van der Waals surface area contributed by atoms with Gasteiger partial charge in [-0.1, -0.05) is 76.7 Å². The van der Waals surface area contributed by atoms with Gasteiger partial charge in [-0.2, -0.15) is 0 Å². The monoisotopic (exact) mass is 441 g/mol. The summed E-state index contributed by atoms with van der Waals surface area (Å²) in [6.07, 6.45) is 19.1. The molecule has 1 atom stereocenters. The minimum Gasteiger partial charge on any atom is -0.550 e. The van der Waals surface area contributed by atoms with E-state index in [1.54, 1.807) is 0 Å². The van der Waals surface area contributed by atoms with Gasteiger partial charge < -0.3 is 24.2 Å². The number of aliphatic hydroxyl groups is 1. The quantitative estimate of drug-likeness (QED) is 0.127. The molecule has 0 aromatic rings. The van der Waals surface area contributed by atoms with Crippen molar-refractivity contribution in [1.82, 2.24) is 0 Å². The number of hydrogen-bond acceptors (Lipinski definition) is 5. The first-order chi connectivity index (χ1) is 14.7. The summed E-state index contributed by atoms with van der Waals surface area (Å²) in [6.45, 7) is 0.755. The highest BCUT2D eigenvalue weighted by atomic mass is 16.5. The van der Waals surface area contributed by atoms with Crippen LogP contribution in [-0.2, 0) is 14.3 Å². The Bertz CT molecular complexity index is 485. The maximum absolute atomic E-state index is 11.9. The van der Waals surface area contributed by atoms with Gasteiger partial charge in [-0.25, -0.2) is 4.79 Å². The lowest BCUT2D eigenvalue weighted by Crippen LogP contribution is -2.45. The van der Waals surface area contributed by atoms with Crippen molar-refractivity contribution in [2.75, 3.05) is 34.3 Å². The Morgan fingerprint density at radius 3 is 1.71 bits per heavy atom. The normalized spacial score (nSPS) is 12.9. The van der Waals surface area contributed by atoms with E-state index in [9.17, 15) is 14.7 Å². The standard InChI is InChI=1S/C25H47NO5/c1-26(2,3)22-23(21-24(28)29)31-25(30)19-17-15-13-11-9-7-5-4-6-8-10-12-14-16-18-20-27/h17,19,23,27H,4-16,18,20-22H2,1-3H3/t23-/m0/s1. The van der Waals surface area contributed by atoms with Gasteiger partial charge in [0.15, 0.2) is 6.10 Å². The van der Waals surface area contributed by atoms with Crippen LogP contribution >= 0.6 is 0 Å². The minimum absolute atomic E-state index is 0.278. The van der Waals surface area contributed by atoms with E-state index in [0.29, 0.717) is 17.6 Å². The number of aliphatic hydroxyl groups excluding tert-OH is 1. The van der Waals surface area contributed by atoms with Crippen LogP contribution in [0.1, 0.15) is 96.3 Å². The van der Waals surface area contributed by atoms with Gasteiger partial charge >= 0.3 is 5.97 Å². The summed E-state index contributed by atoms with van der Waals surface area (Å²) >= 11 is 0.